The van der Waals surface area contributed by atoms with Crippen molar-refractivity contribution < 1.29 is 12.9 Å². The second-order valence-corrected chi connectivity index (χ2v) is 6.67. The van der Waals surface area contributed by atoms with E-state index in [9.17, 15) is 8.42 Å². The Balaban J connectivity index is 1.70. The molecule has 0 bridgehead atoms. The van der Waals surface area contributed by atoms with Crippen LogP contribution in [0.25, 0.3) is 0 Å². The van der Waals surface area contributed by atoms with Gasteiger partial charge in [0.05, 0.1) is 11.5 Å². The van der Waals surface area contributed by atoms with E-state index in [0.29, 0.717) is 48.5 Å². The van der Waals surface area contributed by atoms with Gasteiger partial charge in [-0.25, -0.2) is 8.42 Å². The topological polar surface area (TPSA) is 85.1 Å². The van der Waals surface area contributed by atoms with Crippen LogP contribution in [0.3, 0.4) is 0 Å². The van der Waals surface area contributed by atoms with Crippen LogP contribution >= 0.6 is 0 Å². The molecule has 7 heteroatoms. The molecule has 6 nitrogen and oxygen atoms in total. The number of nitrogens with one attached hydrogen (secondary N) is 1. The Kier molecular flexibility index (Phi) is 3.78. The van der Waals surface area contributed by atoms with E-state index in [1.807, 2.05) is 0 Å². The van der Waals surface area contributed by atoms with E-state index in [4.69, 9.17) is 4.52 Å². The largest absolute Gasteiger partial charge is 0.339 e. The van der Waals surface area contributed by atoms with Crippen molar-refractivity contribution in [2.75, 3.05) is 18.1 Å². The number of aryl methyl sites for hydroxylation is 1. The van der Waals surface area contributed by atoms with E-state index in [2.05, 4.69) is 15.5 Å². The van der Waals surface area contributed by atoms with Gasteiger partial charge in [-0.3, -0.25) is 0 Å². The van der Waals surface area contributed by atoms with Gasteiger partial charge >= 0.3 is 0 Å². The van der Waals surface area contributed by atoms with Crippen molar-refractivity contribution in [3.63, 3.8) is 0 Å². The van der Waals surface area contributed by atoms with E-state index in [1.54, 1.807) is 6.92 Å². The van der Waals surface area contributed by atoms with Gasteiger partial charge in [-0.1, -0.05) is 5.16 Å². The second-order valence-electron chi connectivity index (χ2n) is 4.37. The fraction of sp³-hybridized carbons (Fsp3) is 0.800. The molecule has 0 atom stereocenters. The van der Waals surface area contributed by atoms with Crippen LogP contribution in [-0.4, -0.2) is 42.7 Å². The molecule has 1 aromatic rings. The first-order chi connectivity index (χ1) is 8.05. The van der Waals surface area contributed by atoms with Crippen molar-refractivity contribution in [3.05, 3.63) is 11.7 Å². The first kappa shape index (κ1) is 12.5. The number of rotatable bonds is 4. The molecule has 0 aliphatic carbocycles. The number of nitrogens with zero attached hydrogens (tertiary/aromatic N) is 2. The summed E-state index contributed by atoms with van der Waals surface area (Å²) < 4.78 is 27.5. The second kappa shape index (κ2) is 5.14. The highest BCUT2D eigenvalue weighted by Gasteiger charge is 2.22. The molecule has 2 heterocycles. The van der Waals surface area contributed by atoms with Crippen molar-refractivity contribution in [2.45, 2.75) is 32.2 Å². The first-order valence-electron chi connectivity index (χ1n) is 5.78. The molecule has 0 amide bonds. The Hall–Kier alpha value is -0.950. The maximum Gasteiger partial charge on any atom is 0.227 e. The van der Waals surface area contributed by atoms with E-state index in [1.165, 1.54) is 0 Å². The van der Waals surface area contributed by atoms with Crippen molar-refractivity contribution in [2.24, 2.45) is 0 Å². The highest BCUT2D eigenvalue weighted by atomic mass is 32.2. The minimum Gasteiger partial charge on any atom is -0.339 e. The monoisotopic (exact) mass is 259 g/mol. The van der Waals surface area contributed by atoms with Crippen LogP contribution in [0.15, 0.2) is 4.52 Å². The summed E-state index contributed by atoms with van der Waals surface area (Å²) in [6.07, 6.45) is 2.08. The van der Waals surface area contributed by atoms with Gasteiger partial charge < -0.3 is 9.84 Å². The molecule has 0 saturated carbocycles. The normalized spacial score (nSPS) is 20.5. The molecule has 17 heavy (non-hydrogen) atoms. The molecule has 0 unspecified atom stereocenters. The molecule has 0 spiro atoms. The predicted molar refractivity (Wildman–Crippen MR) is 62.4 cm³/mol. The summed E-state index contributed by atoms with van der Waals surface area (Å²) in [6, 6.07) is 0.294. The number of aromatic nitrogens is 2. The summed E-state index contributed by atoms with van der Waals surface area (Å²) >= 11 is 0. The van der Waals surface area contributed by atoms with Gasteiger partial charge in [0.1, 0.15) is 9.84 Å². The van der Waals surface area contributed by atoms with Crippen molar-refractivity contribution >= 4 is 9.84 Å². The van der Waals surface area contributed by atoms with Gasteiger partial charge in [-0.2, -0.15) is 4.98 Å². The summed E-state index contributed by atoms with van der Waals surface area (Å²) in [5, 5.41) is 7.03. The third-order valence-electron chi connectivity index (χ3n) is 2.90. The van der Waals surface area contributed by atoms with Gasteiger partial charge in [0.2, 0.25) is 5.89 Å². The van der Waals surface area contributed by atoms with Crippen molar-refractivity contribution in [1.29, 1.82) is 0 Å². The lowest BCUT2D eigenvalue weighted by Gasteiger charge is -2.22. The minimum atomic E-state index is -2.77. The van der Waals surface area contributed by atoms with Crippen LogP contribution < -0.4 is 5.32 Å². The summed E-state index contributed by atoms with van der Waals surface area (Å²) in [4.78, 5) is 4.10. The average molecular weight is 259 g/mol. The van der Waals surface area contributed by atoms with E-state index in [0.717, 1.165) is 6.54 Å². The lowest BCUT2D eigenvalue weighted by molar-refractivity contribution is 0.366. The zero-order chi connectivity index (χ0) is 12.3. The predicted octanol–water partition coefficient (Wildman–Crippen LogP) is 0.0873. The molecule has 96 valence electrons. The van der Waals surface area contributed by atoms with Gasteiger partial charge in [-0.15, -0.1) is 0 Å². The zero-order valence-electron chi connectivity index (χ0n) is 9.85. The van der Waals surface area contributed by atoms with Crippen LogP contribution in [0, 0.1) is 6.92 Å². The SMILES string of the molecule is Cc1noc(CCNC2CCS(=O)(=O)CC2)n1. The lowest BCUT2D eigenvalue weighted by Crippen LogP contribution is -2.38. The molecule has 1 saturated heterocycles. The highest BCUT2D eigenvalue weighted by Crippen LogP contribution is 2.11. The summed E-state index contributed by atoms with van der Waals surface area (Å²) in [5.41, 5.74) is 0. The zero-order valence-corrected chi connectivity index (χ0v) is 10.7. The average Bonchev–Trinajstić information content (AvgIpc) is 2.67. The quantitative estimate of drug-likeness (QED) is 0.824. The highest BCUT2D eigenvalue weighted by molar-refractivity contribution is 7.91. The third-order valence-corrected chi connectivity index (χ3v) is 4.61. The Morgan fingerprint density at radius 2 is 2.12 bits per heavy atom. The van der Waals surface area contributed by atoms with Crippen LogP contribution in [0.5, 0.6) is 0 Å². The summed E-state index contributed by atoms with van der Waals surface area (Å²) in [7, 11) is -2.77. The minimum absolute atomic E-state index is 0.294. The lowest BCUT2D eigenvalue weighted by atomic mass is 10.1. The molecule has 1 aromatic heterocycles. The molecule has 0 radical (unpaired) electrons. The van der Waals surface area contributed by atoms with Crippen molar-refractivity contribution in [1.82, 2.24) is 15.5 Å². The number of sulfone groups is 1. The maximum atomic E-state index is 11.2. The Morgan fingerprint density at radius 3 is 2.71 bits per heavy atom. The molecular weight excluding hydrogens is 242 g/mol. The van der Waals surface area contributed by atoms with Gasteiger partial charge in [0.25, 0.3) is 0 Å². The van der Waals surface area contributed by atoms with E-state index < -0.39 is 9.84 Å². The smallest absolute Gasteiger partial charge is 0.227 e. The van der Waals surface area contributed by atoms with E-state index in [-0.39, 0.29) is 0 Å². The Bertz CT molecular complexity index is 455. The van der Waals surface area contributed by atoms with Gasteiger partial charge in [0, 0.05) is 19.0 Å². The number of hydrogen-bond donors (Lipinski definition) is 1. The molecule has 1 aliphatic rings. The van der Waals surface area contributed by atoms with Crippen LogP contribution in [0.1, 0.15) is 24.6 Å². The fourth-order valence-corrected chi connectivity index (χ4v) is 3.41. The first-order valence-corrected chi connectivity index (χ1v) is 7.60. The Labute approximate surface area is 101 Å². The van der Waals surface area contributed by atoms with Crippen LogP contribution in [0.2, 0.25) is 0 Å². The van der Waals surface area contributed by atoms with E-state index >= 15 is 0 Å². The summed E-state index contributed by atoms with van der Waals surface area (Å²) in [5.74, 6) is 1.86. The Morgan fingerprint density at radius 1 is 1.41 bits per heavy atom. The van der Waals surface area contributed by atoms with Crippen LogP contribution in [0.4, 0.5) is 0 Å². The number of hydrogen-bond acceptors (Lipinski definition) is 6. The molecule has 0 aromatic carbocycles. The fourth-order valence-electron chi connectivity index (χ4n) is 1.92. The molecule has 2 rings (SSSR count). The summed E-state index contributed by atoms with van der Waals surface area (Å²) in [6.45, 7) is 2.53. The molecular formula is C10H17N3O3S. The van der Waals surface area contributed by atoms with Gasteiger partial charge in [0.15, 0.2) is 5.82 Å². The van der Waals surface area contributed by atoms with Crippen LogP contribution in [-0.2, 0) is 16.3 Å². The van der Waals surface area contributed by atoms with Gasteiger partial charge in [-0.05, 0) is 19.8 Å². The molecule has 1 fully saturated rings. The standard InChI is InChI=1S/C10H17N3O3S/c1-8-12-10(16-13-8)2-5-11-9-3-6-17(14,15)7-4-9/h9,11H,2-7H2,1H3. The maximum absolute atomic E-state index is 11.2. The molecule has 1 aliphatic heterocycles. The molecule has 1 N–H and O–H groups in total. The van der Waals surface area contributed by atoms with Crippen molar-refractivity contribution in [3.8, 4) is 0 Å². The third kappa shape index (κ3) is 3.78.